The normalized spacial score (nSPS) is 12.7. The summed E-state index contributed by atoms with van der Waals surface area (Å²) in [5, 5.41) is 19.5. The van der Waals surface area contributed by atoms with Crippen LogP contribution in [0.1, 0.15) is 160 Å². The summed E-state index contributed by atoms with van der Waals surface area (Å²) in [7, 11) is 0. The maximum atomic E-state index is 13.2. The van der Waals surface area contributed by atoms with Crippen LogP contribution in [0.4, 0.5) is 17.1 Å². The molecule has 7 aromatic rings. The Morgan fingerprint density at radius 1 is 0.608 bits per heavy atom. The van der Waals surface area contributed by atoms with Gasteiger partial charge in [0, 0.05) is 53.1 Å². The SMILES string of the molecule is CCCCCCOc1ccc(N(c2ccc(OCCCCCC)cc2)c2ccc(-c3cc4c(s3)-c3sc(-c5ccc6cc(/C=C(\C#N)C(=O)O)c(=O)[nH]c6c5)cc3C4(CCCCCC)CCCCCC)cc2)cc1. The number of carbonyl (C=O) groups is 1. The molecule has 0 fully saturated rings. The van der Waals surface area contributed by atoms with Gasteiger partial charge >= 0.3 is 5.97 Å². The van der Waals surface area contributed by atoms with E-state index in [-0.39, 0.29) is 11.0 Å². The maximum absolute atomic E-state index is 13.2. The van der Waals surface area contributed by atoms with Crippen LogP contribution in [0, 0.1) is 11.3 Å². The standard InChI is InChI=1S/C64H73N3O5S2/c1-5-9-13-17-35-64(36-18-14-10-6-2)55-42-58(73-60(55)61-56(64)43-59(74-61)47-22-21-46-39-48(40-49(44-65)63(69)70)62(68)66-57(46)41-47)45-23-25-50(26-24-45)67(51-27-31-53(32-28-51)71-37-19-15-11-7-3)52-29-33-54(34-30-52)72-38-20-16-12-8-4/h21-34,39-43H,5-20,35-38H2,1-4H3,(H,66,68)(H,69,70)/b49-40+. The van der Waals surface area contributed by atoms with E-state index in [2.05, 4.69) is 129 Å². The number of thiophene rings is 2. The second kappa shape index (κ2) is 26.2. The smallest absolute Gasteiger partial charge is 0.346 e. The topological polar surface area (TPSA) is 116 Å². The zero-order valence-electron chi connectivity index (χ0n) is 43.9. The van der Waals surface area contributed by atoms with Crippen molar-refractivity contribution in [1.82, 2.24) is 4.98 Å². The molecule has 4 aromatic carbocycles. The molecule has 8 rings (SSSR count). The Morgan fingerprint density at radius 2 is 1.07 bits per heavy atom. The number of carboxylic acid groups (broad SMARTS) is 1. The number of nitrogens with zero attached hydrogens (tertiary/aromatic N) is 2. The van der Waals surface area contributed by atoms with Gasteiger partial charge in [-0.3, -0.25) is 4.79 Å². The lowest BCUT2D eigenvalue weighted by atomic mass is 9.71. The van der Waals surface area contributed by atoms with Gasteiger partial charge in [0.15, 0.2) is 0 Å². The van der Waals surface area contributed by atoms with Gasteiger partial charge in [0.05, 0.1) is 13.2 Å². The van der Waals surface area contributed by atoms with Crippen molar-refractivity contribution < 1.29 is 19.4 Å². The fraction of sp³-hybridized carbons (Fsp3) is 0.391. The first-order valence-corrected chi connectivity index (χ1v) is 29.0. The minimum atomic E-state index is -1.37. The molecule has 3 aromatic heterocycles. The third-order valence-corrected chi connectivity index (χ3v) is 17.1. The molecule has 1 aliphatic rings. The third-order valence-electron chi connectivity index (χ3n) is 14.6. The van der Waals surface area contributed by atoms with Crippen LogP contribution in [0.25, 0.3) is 47.6 Å². The van der Waals surface area contributed by atoms with E-state index in [1.165, 1.54) is 121 Å². The third kappa shape index (κ3) is 12.7. The van der Waals surface area contributed by atoms with Gasteiger partial charge in [0.1, 0.15) is 23.1 Å². The number of unbranched alkanes of at least 4 members (excludes halogenated alkanes) is 12. The number of rotatable bonds is 29. The van der Waals surface area contributed by atoms with Crippen molar-refractivity contribution >= 4 is 62.7 Å². The number of carboxylic acids is 1. The predicted molar refractivity (Wildman–Crippen MR) is 310 cm³/mol. The first-order valence-electron chi connectivity index (χ1n) is 27.4. The molecular formula is C64H73N3O5S2. The Balaban J connectivity index is 1.14. The predicted octanol–water partition coefficient (Wildman–Crippen LogP) is 18.6. The lowest BCUT2D eigenvalue weighted by Gasteiger charge is -2.31. The maximum Gasteiger partial charge on any atom is 0.346 e. The monoisotopic (exact) mass is 1030 g/mol. The molecule has 0 saturated heterocycles. The van der Waals surface area contributed by atoms with Crippen LogP contribution in [0.5, 0.6) is 11.5 Å². The highest BCUT2D eigenvalue weighted by molar-refractivity contribution is 7.25. The Morgan fingerprint density at radius 3 is 1.54 bits per heavy atom. The fourth-order valence-electron chi connectivity index (χ4n) is 10.4. The number of hydrogen-bond donors (Lipinski definition) is 2. The van der Waals surface area contributed by atoms with Crippen molar-refractivity contribution in [2.45, 2.75) is 149 Å². The lowest BCUT2D eigenvalue weighted by molar-refractivity contribution is -0.132. The molecule has 0 aliphatic heterocycles. The van der Waals surface area contributed by atoms with Crippen molar-refractivity contribution in [3.63, 3.8) is 0 Å². The summed E-state index contributed by atoms with van der Waals surface area (Å²) >= 11 is 3.76. The van der Waals surface area contributed by atoms with Crippen molar-refractivity contribution in [1.29, 1.82) is 5.26 Å². The van der Waals surface area contributed by atoms with Gasteiger partial charge in [-0.15, -0.1) is 22.7 Å². The number of nitrogens with one attached hydrogen (secondary N) is 1. The number of benzene rings is 4. The molecule has 0 saturated carbocycles. The van der Waals surface area contributed by atoms with E-state index in [1.54, 1.807) is 12.1 Å². The minimum Gasteiger partial charge on any atom is -0.494 e. The zero-order chi connectivity index (χ0) is 51.9. The van der Waals surface area contributed by atoms with Gasteiger partial charge < -0.3 is 24.5 Å². The molecule has 0 spiro atoms. The zero-order valence-corrected chi connectivity index (χ0v) is 45.5. The molecule has 74 heavy (non-hydrogen) atoms. The second-order valence-corrected chi connectivity index (χ2v) is 22.0. The van der Waals surface area contributed by atoms with E-state index in [0.717, 1.165) is 89.4 Å². The lowest BCUT2D eigenvalue weighted by Crippen LogP contribution is -2.25. The van der Waals surface area contributed by atoms with Crippen LogP contribution >= 0.6 is 22.7 Å². The molecule has 386 valence electrons. The molecule has 0 unspecified atom stereocenters. The largest absolute Gasteiger partial charge is 0.494 e. The van der Waals surface area contributed by atoms with Gasteiger partial charge in [-0.05, 0) is 144 Å². The molecule has 10 heteroatoms. The number of ether oxygens (including phenoxy) is 2. The van der Waals surface area contributed by atoms with Gasteiger partial charge in [-0.1, -0.05) is 142 Å². The van der Waals surface area contributed by atoms with E-state index in [4.69, 9.17) is 9.47 Å². The number of pyridine rings is 1. The van der Waals surface area contributed by atoms with Crippen LogP contribution in [0.3, 0.4) is 0 Å². The van der Waals surface area contributed by atoms with Crippen molar-refractivity contribution in [2.24, 2.45) is 0 Å². The van der Waals surface area contributed by atoms with Gasteiger partial charge in [-0.25, -0.2) is 4.79 Å². The quantitative estimate of drug-likeness (QED) is 0.0273. The van der Waals surface area contributed by atoms with Crippen LogP contribution < -0.4 is 19.9 Å². The summed E-state index contributed by atoms with van der Waals surface area (Å²) in [6.07, 6.45) is 22.3. The van der Waals surface area contributed by atoms with Crippen molar-refractivity contribution in [3.05, 3.63) is 142 Å². The first-order chi connectivity index (χ1) is 36.2. The Bertz CT molecular complexity index is 3010. The molecule has 8 nitrogen and oxygen atoms in total. The molecule has 0 atom stereocenters. The van der Waals surface area contributed by atoms with E-state index >= 15 is 0 Å². The van der Waals surface area contributed by atoms with Crippen LogP contribution in [0.2, 0.25) is 0 Å². The molecule has 0 amide bonds. The molecule has 2 N–H and O–H groups in total. The van der Waals surface area contributed by atoms with Crippen LogP contribution in [-0.2, 0) is 10.2 Å². The number of nitriles is 1. The van der Waals surface area contributed by atoms with Crippen LogP contribution in [-0.4, -0.2) is 29.3 Å². The van der Waals surface area contributed by atoms with E-state index in [9.17, 15) is 20.0 Å². The molecular weight excluding hydrogens is 955 g/mol. The molecule has 0 radical (unpaired) electrons. The van der Waals surface area contributed by atoms with Crippen molar-refractivity contribution in [3.8, 4) is 48.2 Å². The molecule has 1 aliphatic carbocycles. The first kappa shape index (κ1) is 53.9. The Labute approximate surface area is 446 Å². The number of H-pyrrole nitrogens is 1. The number of anilines is 3. The number of aromatic amines is 1. The number of aliphatic carboxylic acids is 1. The number of hydrogen-bond acceptors (Lipinski definition) is 8. The summed E-state index contributed by atoms with van der Waals surface area (Å²) in [4.78, 5) is 35.2. The Kier molecular flexibility index (Phi) is 19.1. The molecule has 0 bridgehead atoms. The number of fused-ring (bicyclic) bond motifs is 4. The molecule has 3 heterocycles. The highest BCUT2D eigenvalue weighted by Gasteiger charge is 2.45. The summed E-state index contributed by atoms with van der Waals surface area (Å²) in [6, 6.07) is 40.5. The average Bonchev–Trinajstić information content (AvgIpc) is 4.14. The minimum absolute atomic E-state index is 0.0991. The summed E-state index contributed by atoms with van der Waals surface area (Å²) in [5.74, 6) is 0.409. The van der Waals surface area contributed by atoms with Gasteiger partial charge in [0.2, 0.25) is 0 Å². The van der Waals surface area contributed by atoms with Gasteiger partial charge in [0.25, 0.3) is 5.56 Å². The highest BCUT2D eigenvalue weighted by Crippen LogP contribution is 2.61. The van der Waals surface area contributed by atoms with Gasteiger partial charge in [-0.2, -0.15) is 5.26 Å². The van der Waals surface area contributed by atoms with Crippen molar-refractivity contribution in [2.75, 3.05) is 18.1 Å². The summed E-state index contributed by atoms with van der Waals surface area (Å²) < 4.78 is 12.3. The van der Waals surface area contributed by atoms with E-state index in [0.29, 0.717) is 5.52 Å². The summed E-state index contributed by atoms with van der Waals surface area (Å²) in [6.45, 7) is 10.5. The second-order valence-electron chi connectivity index (χ2n) is 19.9. The average molecular weight is 1030 g/mol. The van der Waals surface area contributed by atoms with E-state index < -0.39 is 17.1 Å². The Hall–Kier alpha value is -6.41. The van der Waals surface area contributed by atoms with E-state index in [1.807, 2.05) is 34.8 Å². The highest BCUT2D eigenvalue weighted by atomic mass is 32.1. The fourth-order valence-corrected chi connectivity index (χ4v) is 13.1. The number of aromatic nitrogens is 1. The van der Waals surface area contributed by atoms with Crippen LogP contribution in [0.15, 0.2) is 120 Å². The summed E-state index contributed by atoms with van der Waals surface area (Å²) in [5.41, 5.74) is 8.11.